The van der Waals surface area contributed by atoms with Crippen LogP contribution in [-0.2, 0) is 4.79 Å². The van der Waals surface area contributed by atoms with E-state index in [9.17, 15) is 9.18 Å². The fourth-order valence-corrected chi connectivity index (χ4v) is 2.27. The molecule has 1 aromatic carbocycles. The molecule has 4 nitrogen and oxygen atoms in total. The topological polar surface area (TPSA) is 56.1 Å². The second-order valence-corrected chi connectivity index (χ2v) is 4.15. The summed E-state index contributed by atoms with van der Waals surface area (Å²) in [6, 6.07) is 6.03. The van der Waals surface area contributed by atoms with Gasteiger partial charge in [0.05, 0.1) is 5.69 Å². The molecule has 1 N–H and O–H groups in total. The summed E-state index contributed by atoms with van der Waals surface area (Å²) in [6.45, 7) is 2.99. The van der Waals surface area contributed by atoms with Crippen molar-refractivity contribution in [1.29, 1.82) is 5.26 Å². The number of benzene rings is 1. The molecule has 2 rings (SSSR count). The zero-order chi connectivity index (χ0) is 13.1. The SMILES string of the molecule is CCC1C(=O)NCCN1c1cccc(F)c1C#N. The van der Waals surface area contributed by atoms with Gasteiger partial charge in [-0.05, 0) is 18.6 Å². The second-order valence-electron chi connectivity index (χ2n) is 4.15. The first kappa shape index (κ1) is 12.4. The first-order chi connectivity index (χ1) is 8.69. The fraction of sp³-hybridized carbons (Fsp3) is 0.385. The van der Waals surface area contributed by atoms with Crippen LogP contribution in [0, 0.1) is 17.1 Å². The third-order valence-corrected chi connectivity index (χ3v) is 3.13. The summed E-state index contributed by atoms with van der Waals surface area (Å²) in [7, 11) is 0. The Balaban J connectivity index is 2.44. The molecule has 0 spiro atoms. The molecule has 1 fully saturated rings. The first-order valence-corrected chi connectivity index (χ1v) is 5.92. The standard InChI is InChI=1S/C13H14FN3O/c1-2-11-13(18)16-6-7-17(11)12-5-3-4-10(14)9(12)8-15/h3-5,11H,2,6-7H2,1H3,(H,16,18). The van der Waals surface area contributed by atoms with Crippen molar-refractivity contribution in [1.82, 2.24) is 5.32 Å². The predicted octanol–water partition coefficient (Wildman–Crippen LogP) is 1.41. The zero-order valence-electron chi connectivity index (χ0n) is 10.1. The van der Waals surface area contributed by atoms with Gasteiger partial charge in [-0.2, -0.15) is 5.26 Å². The van der Waals surface area contributed by atoms with E-state index in [0.29, 0.717) is 25.2 Å². The van der Waals surface area contributed by atoms with Crippen molar-refractivity contribution in [3.8, 4) is 6.07 Å². The van der Waals surface area contributed by atoms with Crippen LogP contribution in [0.15, 0.2) is 18.2 Å². The van der Waals surface area contributed by atoms with Crippen molar-refractivity contribution in [3.63, 3.8) is 0 Å². The molecule has 0 radical (unpaired) electrons. The summed E-state index contributed by atoms with van der Waals surface area (Å²) in [5, 5.41) is 11.8. The minimum atomic E-state index is -0.546. The van der Waals surface area contributed by atoms with E-state index in [0.717, 1.165) is 0 Å². The molecule has 0 bridgehead atoms. The van der Waals surface area contributed by atoms with E-state index in [-0.39, 0.29) is 17.5 Å². The molecular formula is C13H14FN3O. The number of hydrogen-bond donors (Lipinski definition) is 1. The average Bonchev–Trinajstić information content (AvgIpc) is 2.38. The second kappa shape index (κ2) is 5.05. The summed E-state index contributed by atoms with van der Waals surface area (Å²) in [4.78, 5) is 13.6. The Morgan fingerprint density at radius 2 is 2.39 bits per heavy atom. The van der Waals surface area contributed by atoms with Gasteiger partial charge in [-0.1, -0.05) is 13.0 Å². The Morgan fingerprint density at radius 1 is 1.61 bits per heavy atom. The van der Waals surface area contributed by atoms with E-state index >= 15 is 0 Å². The molecule has 0 aromatic heterocycles. The van der Waals surface area contributed by atoms with E-state index in [1.54, 1.807) is 17.0 Å². The molecule has 1 heterocycles. The summed E-state index contributed by atoms with van der Waals surface area (Å²) < 4.78 is 13.6. The van der Waals surface area contributed by atoms with Crippen molar-refractivity contribution >= 4 is 11.6 Å². The number of anilines is 1. The van der Waals surface area contributed by atoms with E-state index < -0.39 is 5.82 Å². The van der Waals surface area contributed by atoms with Crippen LogP contribution >= 0.6 is 0 Å². The number of nitrogens with one attached hydrogen (secondary N) is 1. The van der Waals surface area contributed by atoms with E-state index in [1.807, 2.05) is 13.0 Å². The number of halogens is 1. The first-order valence-electron chi connectivity index (χ1n) is 5.92. The number of nitriles is 1. The number of carbonyl (C=O) groups is 1. The molecule has 18 heavy (non-hydrogen) atoms. The van der Waals surface area contributed by atoms with Crippen molar-refractivity contribution in [2.24, 2.45) is 0 Å². The van der Waals surface area contributed by atoms with Crippen molar-refractivity contribution in [2.45, 2.75) is 19.4 Å². The fourth-order valence-electron chi connectivity index (χ4n) is 2.27. The number of carbonyl (C=O) groups excluding carboxylic acids is 1. The minimum Gasteiger partial charge on any atom is -0.357 e. The highest BCUT2D eigenvalue weighted by atomic mass is 19.1. The highest BCUT2D eigenvalue weighted by Gasteiger charge is 2.30. The van der Waals surface area contributed by atoms with E-state index in [2.05, 4.69) is 5.32 Å². The normalized spacial score (nSPS) is 19.3. The van der Waals surface area contributed by atoms with Crippen LogP contribution in [0.4, 0.5) is 10.1 Å². The Hall–Kier alpha value is -2.09. The Morgan fingerprint density at radius 3 is 3.06 bits per heavy atom. The lowest BCUT2D eigenvalue weighted by molar-refractivity contribution is -0.123. The van der Waals surface area contributed by atoms with Crippen LogP contribution < -0.4 is 10.2 Å². The van der Waals surface area contributed by atoms with Crippen molar-refractivity contribution in [3.05, 3.63) is 29.6 Å². The van der Waals surface area contributed by atoms with E-state index in [4.69, 9.17) is 5.26 Å². The molecular weight excluding hydrogens is 233 g/mol. The third-order valence-electron chi connectivity index (χ3n) is 3.13. The van der Waals surface area contributed by atoms with Crippen molar-refractivity contribution < 1.29 is 9.18 Å². The number of amides is 1. The van der Waals surface area contributed by atoms with Gasteiger partial charge in [0.15, 0.2) is 0 Å². The van der Waals surface area contributed by atoms with Gasteiger partial charge >= 0.3 is 0 Å². The summed E-state index contributed by atoms with van der Waals surface area (Å²) >= 11 is 0. The number of rotatable bonds is 2. The smallest absolute Gasteiger partial charge is 0.242 e. The molecule has 0 saturated carbocycles. The molecule has 5 heteroatoms. The monoisotopic (exact) mass is 247 g/mol. The number of piperazine rings is 1. The average molecular weight is 247 g/mol. The Bertz CT molecular complexity index is 509. The zero-order valence-corrected chi connectivity index (χ0v) is 10.1. The summed E-state index contributed by atoms with van der Waals surface area (Å²) in [5.41, 5.74) is 0.504. The highest BCUT2D eigenvalue weighted by Crippen LogP contribution is 2.26. The maximum atomic E-state index is 13.6. The molecule has 1 atom stereocenters. The van der Waals surface area contributed by atoms with Gasteiger partial charge in [-0.25, -0.2) is 4.39 Å². The molecule has 94 valence electrons. The van der Waals surface area contributed by atoms with Crippen molar-refractivity contribution in [2.75, 3.05) is 18.0 Å². The quantitative estimate of drug-likeness (QED) is 0.859. The summed E-state index contributed by atoms with van der Waals surface area (Å²) in [6.07, 6.45) is 0.618. The van der Waals surface area contributed by atoms with Gasteiger partial charge < -0.3 is 10.2 Å². The molecule has 1 saturated heterocycles. The van der Waals surface area contributed by atoms with Gasteiger partial charge in [0.1, 0.15) is 23.5 Å². The lowest BCUT2D eigenvalue weighted by atomic mass is 10.1. The molecule has 0 aliphatic carbocycles. The van der Waals surface area contributed by atoms with Gasteiger partial charge in [-0.3, -0.25) is 4.79 Å². The van der Waals surface area contributed by atoms with Crippen LogP contribution in [0.2, 0.25) is 0 Å². The van der Waals surface area contributed by atoms with Crippen LogP contribution in [0.25, 0.3) is 0 Å². The Labute approximate surface area is 105 Å². The molecule has 1 unspecified atom stereocenters. The largest absolute Gasteiger partial charge is 0.357 e. The Kier molecular flexibility index (Phi) is 3.47. The number of nitrogens with zero attached hydrogens (tertiary/aromatic N) is 2. The number of hydrogen-bond acceptors (Lipinski definition) is 3. The highest BCUT2D eigenvalue weighted by molar-refractivity contribution is 5.87. The van der Waals surface area contributed by atoms with Gasteiger partial charge in [0.25, 0.3) is 0 Å². The molecule has 1 amide bonds. The third kappa shape index (κ3) is 2.02. The van der Waals surface area contributed by atoms with E-state index in [1.165, 1.54) is 6.07 Å². The van der Waals surface area contributed by atoms with Crippen LogP contribution in [0.3, 0.4) is 0 Å². The van der Waals surface area contributed by atoms with Gasteiger partial charge in [-0.15, -0.1) is 0 Å². The lowest BCUT2D eigenvalue weighted by Crippen LogP contribution is -2.55. The summed E-state index contributed by atoms with van der Waals surface area (Å²) in [5.74, 6) is -0.618. The minimum absolute atomic E-state index is 0.00523. The van der Waals surface area contributed by atoms with Crippen LogP contribution in [0.1, 0.15) is 18.9 Å². The maximum absolute atomic E-state index is 13.6. The van der Waals surface area contributed by atoms with Gasteiger partial charge in [0, 0.05) is 13.1 Å². The molecule has 1 aliphatic rings. The van der Waals surface area contributed by atoms with Crippen LogP contribution in [0.5, 0.6) is 0 Å². The maximum Gasteiger partial charge on any atom is 0.242 e. The van der Waals surface area contributed by atoms with Crippen LogP contribution in [-0.4, -0.2) is 25.0 Å². The van der Waals surface area contributed by atoms with Gasteiger partial charge in [0.2, 0.25) is 5.91 Å². The molecule has 1 aromatic rings. The molecule has 1 aliphatic heterocycles. The lowest BCUT2D eigenvalue weighted by Gasteiger charge is -2.36. The predicted molar refractivity (Wildman–Crippen MR) is 65.5 cm³/mol.